The average molecular weight is 390 g/mol. The molecule has 0 radical (unpaired) electrons. The maximum absolute atomic E-state index is 13.2. The minimum Gasteiger partial charge on any atom is -0.327 e. The molecule has 10 heteroatoms. The molecule has 2 aromatic heterocycles. The molecule has 25 heavy (non-hydrogen) atoms. The maximum atomic E-state index is 13.2. The van der Waals surface area contributed by atoms with Crippen molar-refractivity contribution in [2.75, 3.05) is 6.26 Å². The summed E-state index contributed by atoms with van der Waals surface area (Å²) >= 11 is 5.71. The summed E-state index contributed by atoms with van der Waals surface area (Å²) < 4.78 is 64.0. The van der Waals surface area contributed by atoms with Crippen molar-refractivity contribution < 1.29 is 21.6 Å². The lowest BCUT2D eigenvalue weighted by Gasteiger charge is -2.06. The van der Waals surface area contributed by atoms with Crippen LogP contribution in [0.15, 0.2) is 35.2 Å². The first-order valence-electron chi connectivity index (χ1n) is 6.89. The van der Waals surface area contributed by atoms with Crippen molar-refractivity contribution in [1.82, 2.24) is 14.5 Å². The summed E-state index contributed by atoms with van der Waals surface area (Å²) in [6.45, 7) is 0. The standard InChI is InChI=1S/C15H11ClF3N3O2S/c1-22-10-7-11(16)20-13(15(17,18)19)12(10)21-14(22)8-3-5-9(6-4-8)25(2,23)24/h3-7H,1-2H3. The first-order chi connectivity index (χ1) is 11.5. The Morgan fingerprint density at radius 2 is 1.72 bits per heavy atom. The predicted molar refractivity (Wildman–Crippen MR) is 87.1 cm³/mol. The highest BCUT2D eigenvalue weighted by atomic mass is 35.5. The van der Waals surface area contributed by atoms with Crippen LogP contribution in [0.4, 0.5) is 13.2 Å². The van der Waals surface area contributed by atoms with Crippen molar-refractivity contribution in [3.8, 4) is 11.4 Å². The second-order valence-electron chi connectivity index (χ2n) is 5.45. The van der Waals surface area contributed by atoms with Gasteiger partial charge in [0.25, 0.3) is 0 Å². The topological polar surface area (TPSA) is 64.8 Å². The first kappa shape index (κ1) is 17.7. The predicted octanol–water partition coefficient (Wildman–Crippen LogP) is 3.71. The molecule has 0 aliphatic carbocycles. The molecule has 0 saturated carbocycles. The molecule has 0 N–H and O–H groups in total. The third-order valence-electron chi connectivity index (χ3n) is 3.65. The molecule has 3 aromatic rings. The molecule has 1 aromatic carbocycles. The van der Waals surface area contributed by atoms with Crippen LogP contribution in [0.3, 0.4) is 0 Å². The van der Waals surface area contributed by atoms with E-state index in [-0.39, 0.29) is 26.9 Å². The third-order valence-corrected chi connectivity index (χ3v) is 4.97. The van der Waals surface area contributed by atoms with Crippen LogP contribution in [0.2, 0.25) is 5.15 Å². The summed E-state index contributed by atoms with van der Waals surface area (Å²) in [6, 6.07) is 7.02. The van der Waals surface area contributed by atoms with Gasteiger partial charge >= 0.3 is 6.18 Å². The summed E-state index contributed by atoms with van der Waals surface area (Å²) in [7, 11) is -1.82. The van der Waals surface area contributed by atoms with E-state index in [2.05, 4.69) is 9.97 Å². The molecule has 0 aliphatic heterocycles. The molecule has 0 amide bonds. The van der Waals surface area contributed by atoms with Gasteiger partial charge in [-0.15, -0.1) is 0 Å². The maximum Gasteiger partial charge on any atom is 0.435 e. The third kappa shape index (κ3) is 3.21. The Labute approximate surface area is 146 Å². The smallest absolute Gasteiger partial charge is 0.327 e. The van der Waals surface area contributed by atoms with E-state index in [9.17, 15) is 21.6 Å². The Kier molecular flexibility index (Phi) is 4.03. The SMILES string of the molecule is Cn1c(-c2ccc(S(C)(=O)=O)cc2)nc2c(C(F)(F)F)nc(Cl)cc21. The molecule has 2 heterocycles. The largest absolute Gasteiger partial charge is 0.435 e. The van der Waals surface area contributed by atoms with Gasteiger partial charge in [0.1, 0.15) is 16.5 Å². The number of benzene rings is 1. The van der Waals surface area contributed by atoms with E-state index in [1.807, 2.05) is 0 Å². The van der Waals surface area contributed by atoms with Gasteiger partial charge in [-0.3, -0.25) is 0 Å². The highest BCUT2D eigenvalue weighted by molar-refractivity contribution is 7.90. The van der Waals surface area contributed by atoms with Gasteiger partial charge in [0, 0.05) is 24.9 Å². The van der Waals surface area contributed by atoms with Crippen LogP contribution in [0.5, 0.6) is 0 Å². The number of aromatic nitrogens is 3. The van der Waals surface area contributed by atoms with Gasteiger partial charge < -0.3 is 4.57 Å². The first-order valence-corrected chi connectivity index (χ1v) is 9.16. The molecule has 3 rings (SSSR count). The van der Waals surface area contributed by atoms with Crippen LogP contribution < -0.4 is 0 Å². The van der Waals surface area contributed by atoms with E-state index in [1.165, 1.54) is 34.9 Å². The molecular weight excluding hydrogens is 379 g/mol. The fraction of sp³-hybridized carbons (Fsp3) is 0.200. The summed E-state index contributed by atoms with van der Waals surface area (Å²) in [6.07, 6.45) is -3.63. The summed E-state index contributed by atoms with van der Waals surface area (Å²) in [5.41, 5.74) is -0.837. The van der Waals surface area contributed by atoms with Crippen molar-refractivity contribution in [2.24, 2.45) is 7.05 Å². The van der Waals surface area contributed by atoms with Gasteiger partial charge in [-0.1, -0.05) is 11.6 Å². The molecule has 0 saturated heterocycles. The number of alkyl halides is 3. The van der Waals surface area contributed by atoms with E-state index in [0.717, 1.165) is 6.26 Å². The van der Waals surface area contributed by atoms with Gasteiger partial charge in [0.05, 0.1) is 10.4 Å². The number of pyridine rings is 1. The van der Waals surface area contributed by atoms with Crippen LogP contribution in [0, 0.1) is 0 Å². The molecule has 5 nitrogen and oxygen atoms in total. The number of imidazole rings is 1. The van der Waals surface area contributed by atoms with Crippen molar-refractivity contribution in [3.63, 3.8) is 0 Å². The molecule has 0 unspecified atom stereocenters. The minimum absolute atomic E-state index is 0.107. The molecule has 132 valence electrons. The number of nitrogens with zero attached hydrogens (tertiary/aromatic N) is 3. The molecule has 0 bridgehead atoms. The van der Waals surface area contributed by atoms with Crippen molar-refractivity contribution in [2.45, 2.75) is 11.1 Å². The minimum atomic E-state index is -4.70. The lowest BCUT2D eigenvalue weighted by molar-refractivity contribution is -0.139. The van der Waals surface area contributed by atoms with Crippen LogP contribution in [0.1, 0.15) is 5.69 Å². The number of aryl methyl sites for hydroxylation is 1. The summed E-state index contributed by atoms with van der Waals surface area (Å²) in [5.74, 6) is 0.240. The van der Waals surface area contributed by atoms with E-state index < -0.39 is 21.7 Å². The zero-order chi connectivity index (χ0) is 18.6. The van der Waals surface area contributed by atoms with Crippen LogP contribution in [-0.2, 0) is 23.1 Å². The second kappa shape index (κ2) is 5.70. The second-order valence-corrected chi connectivity index (χ2v) is 7.85. The average Bonchev–Trinajstić information content (AvgIpc) is 2.82. The van der Waals surface area contributed by atoms with Crippen LogP contribution >= 0.6 is 11.6 Å². The Morgan fingerprint density at radius 3 is 2.24 bits per heavy atom. The highest BCUT2D eigenvalue weighted by Crippen LogP contribution is 2.36. The van der Waals surface area contributed by atoms with E-state index in [0.29, 0.717) is 5.56 Å². The number of hydrogen-bond acceptors (Lipinski definition) is 4. The molecule has 0 spiro atoms. The molecule has 0 aliphatic rings. The Balaban J connectivity index is 2.23. The zero-order valence-electron chi connectivity index (χ0n) is 13.0. The van der Waals surface area contributed by atoms with Crippen molar-refractivity contribution in [3.05, 3.63) is 41.2 Å². The Bertz CT molecular complexity index is 1070. The fourth-order valence-electron chi connectivity index (χ4n) is 2.46. The van der Waals surface area contributed by atoms with Gasteiger partial charge in [-0.25, -0.2) is 18.4 Å². The monoisotopic (exact) mass is 389 g/mol. The molecular formula is C15H11ClF3N3O2S. The molecule has 0 fully saturated rings. The van der Waals surface area contributed by atoms with Gasteiger partial charge in [0.2, 0.25) is 0 Å². The number of hydrogen-bond donors (Lipinski definition) is 0. The van der Waals surface area contributed by atoms with Gasteiger partial charge in [-0.05, 0) is 24.3 Å². The summed E-state index contributed by atoms with van der Waals surface area (Å²) in [4.78, 5) is 7.51. The fourth-order valence-corrected chi connectivity index (χ4v) is 3.28. The van der Waals surface area contributed by atoms with Gasteiger partial charge in [-0.2, -0.15) is 13.2 Å². The van der Waals surface area contributed by atoms with Gasteiger partial charge in [0.15, 0.2) is 15.5 Å². The quantitative estimate of drug-likeness (QED) is 0.627. The Morgan fingerprint density at radius 1 is 1.12 bits per heavy atom. The van der Waals surface area contributed by atoms with E-state index in [4.69, 9.17) is 11.6 Å². The van der Waals surface area contributed by atoms with Crippen molar-refractivity contribution in [1.29, 1.82) is 0 Å². The normalized spacial score (nSPS) is 12.7. The van der Waals surface area contributed by atoms with E-state index >= 15 is 0 Å². The molecule has 0 atom stereocenters. The number of halogens is 4. The lowest BCUT2D eigenvalue weighted by Crippen LogP contribution is -2.09. The number of sulfone groups is 1. The zero-order valence-corrected chi connectivity index (χ0v) is 14.5. The van der Waals surface area contributed by atoms with Crippen LogP contribution in [0.25, 0.3) is 22.4 Å². The lowest BCUT2D eigenvalue weighted by atomic mass is 10.2. The number of rotatable bonds is 2. The van der Waals surface area contributed by atoms with Crippen molar-refractivity contribution >= 4 is 32.5 Å². The number of fused-ring (bicyclic) bond motifs is 1. The van der Waals surface area contributed by atoms with E-state index in [1.54, 1.807) is 7.05 Å². The Hall–Kier alpha value is -2.13. The highest BCUT2D eigenvalue weighted by Gasteiger charge is 2.37. The summed E-state index contributed by atoms with van der Waals surface area (Å²) in [5, 5.41) is -0.290. The van der Waals surface area contributed by atoms with Crippen LogP contribution in [-0.4, -0.2) is 29.2 Å².